The molecular weight excluding hydrogens is 300 g/mol. The van der Waals surface area contributed by atoms with Gasteiger partial charge in [-0.2, -0.15) is 0 Å². The molecule has 0 saturated carbocycles. The number of aliphatic hydroxyl groups is 4. The minimum atomic E-state index is -3.47. The van der Waals surface area contributed by atoms with E-state index in [0.29, 0.717) is 6.92 Å². The van der Waals surface area contributed by atoms with Crippen molar-refractivity contribution in [3.8, 4) is 0 Å². The number of carbonyl (C=O) groups is 4. The number of hydrogen-bond donors (Lipinski definition) is 4. The maximum absolute atomic E-state index is 11.9. The van der Waals surface area contributed by atoms with Gasteiger partial charge in [0.15, 0.2) is 28.7 Å². The van der Waals surface area contributed by atoms with E-state index < -0.39 is 52.3 Å². The van der Waals surface area contributed by atoms with Gasteiger partial charge in [0.1, 0.15) is 0 Å². The highest BCUT2D eigenvalue weighted by molar-refractivity contribution is 6.10. The van der Waals surface area contributed by atoms with Crippen LogP contribution < -0.4 is 0 Å². The number of aliphatic hydroxyl groups excluding tert-OH is 1. The lowest BCUT2D eigenvalue weighted by atomic mass is 9.65. The number of ether oxygens (including phenoxy) is 1. The molecule has 1 aliphatic rings. The molecule has 4 atom stereocenters. The third-order valence-corrected chi connectivity index (χ3v) is 4.21. The molecule has 1 rings (SSSR count). The molecule has 1 unspecified atom stereocenters. The fourth-order valence-electron chi connectivity index (χ4n) is 2.88. The minimum absolute atomic E-state index is 0.693. The van der Waals surface area contributed by atoms with Gasteiger partial charge in [-0.05, 0) is 20.8 Å². The lowest BCUT2D eigenvalue weighted by Gasteiger charge is -2.41. The van der Waals surface area contributed by atoms with Crippen LogP contribution >= 0.6 is 0 Å². The van der Waals surface area contributed by atoms with E-state index in [9.17, 15) is 39.6 Å². The fraction of sp³-hybridized carbons (Fsp3) is 0.692. The first kappa shape index (κ1) is 18.5. The van der Waals surface area contributed by atoms with Crippen LogP contribution in [0, 0.1) is 0 Å². The molecule has 0 spiro atoms. The monoisotopic (exact) mass is 318 g/mol. The highest BCUT2D eigenvalue weighted by Crippen LogP contribution is 2.53. The lowest BCUT2D eigenvalue weighted by Crippen LogP contribution is -2.75. The van der Waals surface area contributed by atoms with E-state index in [0.717, 1.165) is 20.8 Å². The van der Waals surface area contributed by atoms with E-state index in [4.69, 9.17) is 4.74 Å². The van der Waals surface area contributed by atoms with Crippen LogP contribution in [0.4, 0.5) is 0 Å². The molecule has 0 aliphatic carbocycles. The number of rotatable bonds is 5. The third-order valence-electron chi connectivity index (χ3n) is 4.21. The summed E-state index contributed by atoms with van der Waals surface area (Å²) in [6.07, 6.45) is 0. The van der Waals surface area contributed by atoms with E-state index >= 15 is 0 Å². The van der Waals surface area contributed by atoms with Crippen molar-refractivity contribution in [1.82, 2.24) is 0 Å². The summed E-state index contributed by atoms with van der Waals surface area (Å²) in [6, 6.07) is 0. The van der Waals surface area contributed by atoms with E-state index in [2.05, 4.69) is 0 Å². The van der Waals surface area contributed by atoms with Gasteiger partial charge in [0.2, 0.25) is 11.2 Å². The molecule has 1 fully saturated rings. The Balaban J connectivity index is 3.99. The smallest absolute Gasteiger partial charge is 0.268 e. The molecule has 0 radical (unpaired) electrons. The van der Waals surface area contributed by atoms with Crippen LogP contribution in [-0.4, -0.2) is 72.8 Å². The largest absolute Gasteiger partial charge is 0.393 e. The Morgan fingerprint density at radius 2 is 1.18 bits per heavy atom. The van der Waals surface area contributed by atoms with Crippen LogP contribution in [0.3, 0.4) is 0 Å². The van der Waals surface area contributed by atoms with Gasteiger partial charge in [-0.1, -0.05) is 0 Å². The van der Waals surface area contributed by atoms with Gasteiger partial charge in [-0.3, -0.25) is 19.2 Å². The summed E-state index contributed by atoms with van der Waals surface area (Å²) in [7, 11) is 0. The van der Waals surface area contributed by atoms with Crippen LogP contribution in [0.2, 0.25) is 0 Å². The van der Waals surface area contributed by atoms with Crippen LogP contribution in [0.5, 0.6) is 0 Å². The van der Waals surface area contributed by atoms with E-state index in [1.165, 1.54) is 0 Å². The zero-order chi connectivity index (χ0) is 17.7. The minimum Gasteiger partial charge on any atom is -0.393 e. The average molecular weight is 318 g/mol. The Labute approximate surface area is 125 Å². The van der Waals surface area contributed by atoms with Gasteiger partial charge in [0.25, 0.3) is 5.79 Å². The first-order valence-electron chi connectivity index (χ1n) is 6.32. The van der Waals surface area contributed by atoms with Gasteiger partial charge >= 0.3 is 0 Å². The number of carbonyl (C=O) groups excluding carboxylic acids is 4. The summed E-state index contributed by atoms with van der Waals surface area (Å²) in [5, 5.41) is 41.1. The summed E-state index contributed by atoms with van der Waals surface area (Å²) < 4.78 is 4.83. The van der Waals surface area contributed by atoms with Gasteiger partial charge in [-0.25, -0.2) is 0 Å². The second-order valence-corrected chi connectivity index (χ2v) is 5.38. The fourth-order valence-corrected chi connectivity index (χ4v) is 2.88. The molecule has 0 aromatic rings. The van der Waals surface area contributed by atoms with Crippen molar-refractivity contribution < 1.29 is 44.3 Å². The maximum Gasteiger partial charge on any atom is 0.268 e. The third kappa shape index (κ3) is 1.65. The first-order chi connectivity index (χ1) is 9.79. The molecule has 0 bridgehead atoms. The molecule has 1 saturated heterocycles. The normalized spacial score (nSPS) is 41.3. The highest BCUT2D eigenvalue weighted by Gasteiger charge is 2.86. The molecule has 0 aromatic carbocycles. The second kappa shape index (κ2) is 5.00. The molecule has 1 aliphatic heterocycles. The van der Waals surface area contributed by atoms with E-state index in [1.807, 2.05) is 0 Å². The van der Waals surface area contributed by atoms with Crippen LogP contribution in [0.1, 0.15) is 27.7 Å². The van der Waals surface area contributed by atoms with Crippen molar-refractivity contribution in [1.29, 1.82) is 0 Å². The van der Waals surface area contributed by atoms with Gasteiger partial charge in [-0.15, -0.1) is 0 Å². The zero-order valence-electron chi connectivity index (χ0n) is 12.5. The van der Waals surface area contributed by atoms with E-state index in [-0.39, 0.29) is 0 Å². The SMILES string of the molecule is CC(=O)C1(O)O[C@@](CO)(C(C)=O)[C@@](O)(C(C)=O)[C@]1(O)C(C)=O. The number of Topliss-reactive ketones (excluding diaryl/α,β-unsaturated/α-hetero) is 4. The van der Waals surface area contributed by atoms with Gasteiger partial charge in [0, 0.05) is 6.92 Å². The molecule has 4 N–H and O–H groups in total. The van der Waals surface area contributed by atoms with Crippen LogP contribution in [0.25, 0.3) is 0 Å². The average Bonchev–Trinajstić information content (AvgIpc) is 2.57. The second-order valence-electron chi connectivity index (χ2n) is 5.38. The predicted molar refractivity (Wildman–Crippen MR) is 68.5 cm³/mol. The molecule has 1 heterocycles. The summed E-state index contributed by atoms with van der Waals surface area (Å²) in [5.41, 5.74) is -9.70. The Bertz CT molecular complexity index is 570. The summed E-state index contributed by atoms with van der Waals surface area (Å²) in [4.78, 5) is 47.5. The molecular formula is C13H18O9. The summed E-state index contributed by atoms with van der Waals surface area (Å²) in [6.45, 7) is 1.58. The topological polar surface area (TPSA) is 158 Å². The maximum atomic E-state index is 11.9. The van der Waals surface area contributed by atoms with E-state index in [1.54, 1.807) is 0 Å². The molecule has 124 valence electrons. The molecule has 0 amide bonds. The Kier molecular flexibility index (Phi) is 4.21. The molecule has 0 aromatic heterocycles. The summed E-state index contributed by atoms with van der Waals surface area (Å²) in [5.74, 6) is -8.61. The van der Waals surface area contributed by atoms with Crippen molar-refractivity contribution in [2.75, 3.05) is 6.61 Å². The standard InChI is InChI=1S/C13H18O9/c1-6(15)10(5-14)11(19,7(2)16)12(20,8(3)17)13(21,22-10)9(4)18/h14,19-21H,5H2,1-4H3/t10-,11-,12+,13?/m0/s1. The summed E-state index contributed by atoms with van der Waals surface area (Å²) >= 11 is 0. The number of ketones is 4. The Hall–Kier alpha value is -1.52. The van der Waals surface area contributed by atoms with Crippen LogP contribution in [0.15, 0.2) is 0 Å². The first-order valence-corrected chi connectivity index (χ1v) is 6.32. The molecule has 9 nitrogen and oxygen atoms in total. The molecule has 22 heavy (non-hydrogen) atoms. The van der Waals surface area contributed by atoms with Crippen molar-refractivity contribution in [3.63, 3.8) is 0 Å². The van der Waals surface area contributed by atoms with Crippen molar-refractivity contribution in [2.45, 2.75) is 50.3 Å². The Morgan fingerprint density at radius 1 is 0.773 bits per heavy atom. The zero-order valence-corrected chi connectivity index (χ0v) is 12.5. The number of hydrogen-bond acceptors (Lipinski definition) is 9. The van der Waals surface area contributed by atoms with Gasteiger partial charge < -0.3 is 25.2 Å². The van der Waals surface area contributed by atoms with Crippen LogP contribution in [-0.2, 0) is 23.9 Å². The highest BCUT2D eigenvalue weighted by atomic mass is 16.7. The predicted octanol–water partition coefficient (Wildman–Crippen LogP) is -2.75. The Morgan fingerprint density at radius 3 is 1.41 bits per heavy atom. The lowest BCUT2D eigenvalue weighted by molar-refractivity contribution is -0.256. The van der Waals surface area contributed by atoms with Gasteiger partial charge in [0.05, 0.1) is 6.61 Å². The van der Waals surface area contributed by atoms with Crippen molar-refractivity contribution in [3.05, 3.63) is 0 Å². The molecule has 9 heteroatoms. The van der Waals surface area contributed by atoms with Crippen molar-refractivity contribution >= 4 is 23.1 Å². The van der Waals surface area contributed by atoms with Crippen molar-refractivity contribution in [2.24, 2.45) is 0 Å². The quantitative estimate of drug-likeness (QED) is 0.421.